The molecule has 2 unspecified atom stereocenters. The maximum Gasteiger partial charge on any atom is 0.221 e. The van der Waals surface area contributed by atoms with Crippen molar-refractivity contribution in [2.45, 2.75) is 53.0 Å². The van der Waals surface area contributed by atoms with Crippen LogP contribution in [0.5, 0.6) is 11.5 Å². The first kappa shape index (κ1) is 19.4. The molecule has 1 amide bonds. The van der Waals surface area contributed by atoms with Crippen molar-refractivity contribution in [1.29, 1.82) is 0 Å². The predicted octanol–water partition coefficient (Wildman–Crippen LogP) is 4.65. The fraction of sp³-hybridized carbons (Fsp3) is 0.571. The molecule has 1 aliphatic rings. The minimum Gasteiger partial charge on any atom is -0.490 e. The lowest BCUT2D eigenvalue weighted by atomic mass is 9.94. The van der Waals surface area contributed by atoms with Crippen LogP contribution in [0, 0.1) is 11.8 Å². The van der Waals surface area contributed by atoms with Gasteiger partial charge in [-0.1, -0.05) is 32.1 Å². The zero-order valence-corrected chi connectivity index (χ0v) is 15.9. The van der Waals surface area contributed by atoms with Gasteiger partial charge in [-0.15, -0.1) is 0 Å². The van der Waals surface area contributed by atoms with Gasteiger partial charge in [0.15, 0.2) is 11.5 Å². The van der Waals surface area contributed by atoms with Crippen LogP contribution in [-0.4, -0.2) is 19.1 Å². The number of rotatable bonds is 9. The number of benzene rings is 1. The van der Waals surface area contributed by atoms with Crippen LogP contribution in [0.1, 0.15) is 58.6 Å². The van der Waals surface area contributed by atoms with E-state index in [1.807, 2.05) is 32.0 Å². The number of carbonyl (C=O) groups excluding carboxylic acids is 1. The summed E-state index contributed by atoms with van der Waals surface area (Å²) in [6.45, 7) is 9.33. The van der Waals surface area contributed by atoms with Crippen molar-refractivity contribution >= 4 is 5.91 Å². The van der Waals surface area contributed by atoms with Crippen LogP contribution in [0.25, 0.3) is 0 Å². The molecule has 0 aliphatic heterocycles. The summed E-state index contributed by atoms with van der Waals surface area (Å²) in [5.74, 6) is 2.27. The lowest BCUT2D eigenvalue weighted by Gasteiger charge is -2.24. The third-order valence-electron chi connectivity index (χ3n) is 4.47. The summed E-state index contributed by atoms with van der Waals surface area (Å²) in [5.41, 5.74) is 1.05. The van der Waals surface area contributed by atoms with Gasteiger partial charge >= 0.3 is 0 Å². The van der Waals surface area contributed by atoms with Crippen LogP contribution in [0.4, 0.5) is 0 Å². The first-order valence-electron chi connectivity index (χ1n) is 9.40. The Morgan fingerprint density at radius 2 is 1.92 bits per heavy atom. The molecule has 0 aromatic heterocycles. The summed E-state index contributed by atoms with van der Waals surface area (Å²) >= 11 is 0. The molecule has 2 atom stereocenters. The highest BCUT2D eigenvalue weighted by atomic mass is 16.5. The van der Waals surface area contributed by atoms with E-state index in [0.29, 0.717) is 25.6 Å². The van der Waals surface area contributed by atoms with Gasteiger partial charge < -0.3 is 14.8 Å². The van der Waals surface area contributed by atoms with E-state index in [1.165, 1.54) is 0 Å². The van der Waals surface area contributed by atoms with Gasteiger partial charge in [0.2, 0.25) is 5.91 Å². The molecular weight excluding hydrogens is 314 g/mol. The maximum absolute atomic E-state index is 12.5. The number of carbonyl (C=O) groups is 1. The van der Waals surface area contributed by atoms with Crippen LogP contribution in [0.2, 0.25) is 0 Å². The van der Waals surface area contributed by atoms with Gasteiger partial charge in [0.1, 0.15) is 0 Å². The molecule has 0 spiro atoms. The van der Waals surface area contributed by atoms with Gasteiger partial charge in [-0.2, -0.15) is 0 Å². The van der Waals surface area contributed by atoms with Crippen molar-refractivity contribution < 1.29 is 14.3 Å². The lowest BCUT2D eigenvalue weighted by molar-refractivity contribution is -0.122. The minimum atomic E-state index is -0.0345. The van der Waals surface area contributed by atoms with Gasteiger partial charge in [-0.05, 0) is 56.2 Å². The number of hydrogen-bond acceptors (Lipinski definition) is 3. The van der Waals surface area contributed by atoms with Crippen LogP contribution in [-0.2, 0) is 4.79 Å². The van der Waals surface area contributed by atoms with E-state index < -0.39 is 0 Å². The fourth-order valence-electron chi connectivity index (χ4n) is 3.23. The summed E-state index contributed by atoms with van der Waals surface area (Å²) in [5, 5.41) is 3.21. The first-order chi connectivity index (χ1) is 12.0. The third-order valence-corrected chi connectivity index (χ3v) is 4.47. The standard InChI is InChI=1S/C21H31NO3/c1-5-24-18-12-11-17(14-19(18)25-6-2)21(15(3)4)22-20(23)13-16-9-7-8-10-16/h7,9,11-12,14-16,21H,5-6,8,10,13H2,1-4H3,(H,22,23). The highest BCUT2D eigenvalue weighted by molar-refractivity contribution is 5.77. The molecule has 0 saturated heterocycles. The van der Waals surface area contributed by atoms with Gasteiger partial charge in [0, 0.05) is 6.42 Å². The Labute approximate surface area is 151 Å². The molecule has 0 heterocycles. The molecular formula is C21H31NO3. The first-order valence-corrected chi connectivity index (χ1v) is 9.40. The summed E-state index contributed by atoms with van der Waals surface area (Å²) < 4.78 is 11.4. The summed E-state index contributed by atoms with van der Waals surface area (Å²) in [6.07, 6.45) is 7.06. The molecule has 4 heteroatoms. The monoisotopic (exact) mass is 345 g/mol. The summed E-state index contributed by atoms with van der Waals surface area (Å²) in [4.78, 5) is 12.5. The molecule has 138 valence electrons. The molecule has 0 bridgehead atoms. The van der Waals surface area contributed by atoms with E-state index in [9.17, 15) is 4.79 Å². The lowest BCUT2D eigenvalue weighted by Crippen LogP contribution is -2.32. The molecule has 1 aromatic carbocycles. The Bertz CT molecular complexity index is 595. The topological polar surface area (TPSA) is 47.6 Å². The quantitative estimate of drug-likeness (QED) is 0.663. The van der Waals surface area contributed by atoms with E-state index in [4.69, 9.17) is 9.47 Å². The second kappa shape index (κ2) is 9.50. The molecule has 1 aromatic rings. The highest BCUT2D eigenvalue weighted by Gasteiger charge is 2.22. The maximum atomic E-state index is 12.5. The number of hydrogen-bond donors (Lipinski definition) is 1. The number of amides is 1. The normalized spacial score (nSPS) is 17.6. The molecule has 4 nitrogen and oxygen atoms in total. The van der Waals surface area contributed by atoms with Crippen LogP contribution in [0.15, 0.2) is 30.4 Å². The van der Waals surface area contributed by atoms with Gasteiger partial charge in [-0.3, -0.25) is 4.79 Å². The molecule has 0 saturated carbocycles. The molecule has 1 aliphatic carbocycles. The van der Waals surface area contributed by atoms with E-state index in [2.05, 4.69) is 31.3 Å². The Balaban J connectivity index is 2.13. The third kappa shape index (κ3) is 5.52. The van der Waals surface area contributed by atoms with E-state index in [1.54, 1.807) is 0 Å². The number of ether oxygens (including phenoxy) is 2. The van der Waals surface area contributed by atoms with Crippen LogP contribution in [0.3, 0.4) is 0 Å². The van der Waals surface area contributed by atoms with Crippen molar-refractivity contribution in [2.24, 2.45) is 11.8 Å². The van der Waals surface area contributed by atoms with Crippen molar-refractivity contribution in [1.82, 2.24) is 5.32 Å². The molecule has 25 heavy (non-hydrogen) atoms. The molecule has 1 N–H and O–H groups in total. The molecule has 0 fully saturated rings. The SMILES string of the molecule is CCOc1ccc(C(NC(=O)CC2C=CCC2)C(C)C)cc1OCC. The van der Waals surface area contributed by atoms with Crippen LogP contribution < -0.4 is 14.8 Å². The van der Waals surface area contributed by atoms with Crippen molar-refractivity contribution in [2.75, 3.05) is 13.2 Å². The van der Waals surface area contributed by atoms with Gasteiger partial charge in [0.05, 0.1) is 19.3 Å². The van der Waals surface area contributed by atoms with Gasteiger partial charge in [-0.25, -0.2) is 0 Å². The largest absolute Gasteiger partial charge is 0.490 e. The number of nitrogens with one attached hydrogen (secondary N) is 1. The Hall–Kier alpha value is -1.97. The second-order valence-electron chi connectivity index (χ2n) is 6.83. The zero-order valence-electron chi connectivity index (χ0n) is 15.9. The Morgan fingerprint density at radius 3 is 2.52 bits per heavy atom. The zero-order chi connectivity index (χ0) is 18.2. The van der Waals surface area contributed by atoms with Crippen molar-refractivity contribution in [3.05, 3.63) is 35.9 Å². The Morgan fingerprint density at radius 1 is 1.20 bits per heavy atom. The smallest absolute Gasteiger partial charge is 0.221 e. The average Bonchev–Trinajstić information content (AvgIpc) is 3.07. The Kier molecular flexibility index (Phi) is 7.35. The minimum absolute atomic E-state index is 0.0345. The average molecular weight is 345 g/mol. The molecule has 0 radical (unpaired) electrons. The van der Waals surface area contributed by atoms with Gasteiger partial charge in [0.25, 0.3) is 0 Å². The fourth-order valence-corrected chi connectivity index (χ4v) is 3.23. The van der Waals surface area contributed by atoms with Crippen molar-refractivity contribution in [3.63, 3.8) is 0 Å². The van der Waals surface area contributed by atoms with E-state index in [-0.39, 0.29) is 17.9 Å². The van der Waals surface area contributed by atoms with Crippen molar-refractivity contribution in [3.8, 4) is 11.5 Å². The second-order valence-corrected chi connectivity index (χ2v) is 6.83. The van der Waals surface area contributed by atoms with E-state index in [0.717, 1.165) is 29.9 Å². The molecule has 2 rings (SSSR count). The predicted molar refractivity (Wildman–Crippen MR) is 101 cm³/mol. The summed E-state index contributed by atoms with van der Waals surface area (Å²) in [6, 6.07) is 5.92. The van der Waals surface area contributed by atoms with Crippen LogP contribution >= 0.6 is 0 Å². The number of allylic oxidation sites excluding steroid dienone is 2. The summed E-state index contributed by atoms with van der Waals surface area (Å²) in [7, 11) is 0. The highest BCUT2D eigenvalue weighted by Crippen LogP contribution is 2.33. The van der Waals surface area contributed by atoms with E-state index >= 15 is 0 Å².